The number of halogens is 1. The summed E-state index contributed by atoms with van der Waals surface area (Å²) in [5, 5.41) is 19.5. The number of nitrogens with zero attached hydrogens (tertiary/aromatic N) is 4. The maximum Gasteiger partial charge on any atom is 0.192 e. The average Bonchev–Trinajstić information content (AvgIpc) is 3.10. The molecule has 3 rings (SSSR count). The summed E-state index contributed by atoms with van der Waals surface area (Å²) >= 11 is 7.43. The van der Waals surface area contributed by atoms with Gasteiger partial charge in [-0.1, -0.05) is 53.2 Å². The summed E-state index contributed by atoms with van der Waals surface area (Å²) in [7, 11) is 1.66. The standard InChI is InChI=1S/C21H21ClN4OS/c1-15-3-5-16(6-4-15)13-19(14-23)28-21-25-24-20(26(21)11-12-27-2)17-7-9-18(22)10-8-17/h3-10,19H,11-13H2,1-2H3/t19-/m0/s1. The molecule has 0 spiro atoms. The predicted molar refractivity (Wildman–Crippen MR) is 112 cm³/mol. The molecule has 2 aromatic carbocycles. The molecule has 144 valence electrons. The van der Waals surface area contributed by atoms with Crippen molar-refractivity contribution in [2.24, 2.45) is 0 Å². The first-order valence-electron chi connectivity index (χ1n) is 8.90. The van der Waals surface area contributed by atoms with E-state index in [0.717, 1.165) is 17.0 Å². The van der Waals surface area contributed by atoms with E-state index in [9.17, 15) is 5.26 Å². The van der Waals surface area contributed by atoms with Crippen molar-refractivity contribution in [3.63, 3.8) is 0 Å². The minimum absolute atomic E-state index is 0.258. The fourth-order valence-corrected chi connectivity index (χ4v) is 3.85. The van der Waals surface area contributed by atoms with E-state index in [4.69, 9.17) is 16.3 Å². The molecule has 0 saturated heterocycles. The second-order valence-corrected chi connectivity index (χ2v) is 7.99. The third-order valence-electron chi connectivity index (χ3n) is 4.27. The van der Waals surface area contributed by atoms with E-state index >= 15 is 0 Å². The first kappa shape index (κ1) is 20.4. The summed E-state index contributed by atoms with van der Waals surface area (Å²) in [5.41, 5.74) is 3.26. The Bertz CT molecular complexity index is 948. The third-order valence-corrected chi connectivity index (χ3v) is 5.59. The van der Waals surface area contributed by atoms with Crippen molar-refractivity contribution in [3.05, 3.63) is 64.7 Å². The highest BCUT2D eigenvalue weighted by molar-refractivity contribution is 8.00. The lowest BCUT2D eigenvalue weighted by Crippen LogP contribution is -2.10. The minimum Gasteiger partial charge on any atom is -0.383 e. The smallest absolute Gasteiger partial charge is 0.192 e. The number of thioether (sulfide) groups is 1. The molecule has 0 N–H and O–H groups in total. The van der Waals surface area contributed by atoms with Crippen molar-refractivity contribution in [2.45, 2.75) is 30.3 Å². The number of hydrogen-bond donors (Lipinski definition) is 0. The van der Waals surface area contributed by atoms with E-state index < -0.39 is 0 Å². The quantitative estimate of drug-likeness (QED) is 0.498. The third kappa shape index (κ3) is 5.14. The van der Waals surface area contributed by atoms with E-state index in [1.54, 1.807) is 7.11 Å². The lowest BCUT2D eigenvalue weighted by atomic mass is 10.1. The zero-order chi connectivity index (χ0) is 19.9. The van der Waals surface area contributed by atoms with Gasteiger partial charge in [0.15, 0.2) is 11.0 Å². The Morgan fingerprint density at radius 1 is 1.14 bits per heavy atom. The zero-order valence-electron chi connectivity index (χ0n) is 15.8. The number of rotatable bonds is 8. The van der Waals surface area contributed by atoms with Gasteiger partial charge in [-0.05, 0) is 43.2 Å². The number of aromatic nitrogens is 3. The summed E-state index contributed by atoms with van der Waals surface area (Å²) < 4.78 is 7.24. The van der Waals surface area contributed by atoms with Crippen LogP contribution in [0.15, 0.2) is 53.7 Å². The van der Waals surface area contributed by atoms with Crippen molar-refractivity contribution in [1.82, 2.24) is 14.8 Å². The molecule has 28 heavy (non-hydrogen) atoms. The molecule has 0 aliphatic heterocycles. The van der Waals surface area contributed by atoms with Crippen LogP contribution >= 0.6 is 23.4 Å². The molecule has 0 amide bonds. The maximum atomic E-state index is 9.66. The molecule has 3 aromatic rings. The van der Waals surface area contributed by atoms with Crippen LogP contribution in [0.5, 0.6) is 0 Å². The summed E-state index contributed by atoms with van der Waals surface area (Å²) in [5.74, 6) is 0.739. The molecule has 0 bridgehead atoms. The fraction of sp³-hybridized carbons (Fsp3) is 0.286. The molecule has 1 atom stereocenters. The summed E-state index contributed by atoms with van der Waals surface area (Å²) in [6, 6.07) is 18.1. The molecule has 0 aliphatic rings. The van der Waals surface area contributed by atoms with Crippen LogP contribution in [-0.2, 0) is 17.7 Å². The maximum absolute atomic E-state index is 9.66. The fourth-order valence-electron chi connectivity index (χ4n) is 2.75. The van der Waals surface area contributed by atoms with Crippen LogP contribution in [0.3, 0.4) is 0 Å². The molecule has 0 aliphatic carbocycles. The van der Waals surface area contributed by atoms with Gasteiger partial charge in [0.1, 0.15) is 5.25 Å². The number of aryl methyl sites for hydroxylation is 1. The summed E-state index contributed by atoms with van der Waals surface area (Å²) in [4.78, 5) is 0. The van der Waals surface area contributed by atoms with Gasteiger partial charge >= 0.3 is 0 Å². The minimum atomic E-state index is -0.258. The average molecular weight is 413 g/mol. The SMILES string of the molecule is COCCn1c(S[C@H](C#N)Cc2ccc(C)cc2)nnc1-c1ccc(Cl)cc1. The number of hydrogen-bond acceptors (Lipinski definition) is 5. The molecule has 0 saturated carbocycles. The molecule has 1 aromatic heterocycles. The molecule has 0 unspecified atom stereocenters. The number of benzene rings is 2. The van der Waals surface area contributed by atoms with E-state index in [1.807, 2.05) is 28.8 Å². The van der Waals surface area contributed by atoms with Crippen LogP contribution in [-0.4, -0.2) is 33.7 Å². The Hall–Kier alpha value is -2.33. The van der Waals surface area contributed by atoms with E-state index in [0.29, 0.717) is 29.8 Å². The molecular weight excluding hydrogens is 392 g/mol. The Morgan fingerprint density at radius 3 is 2.50 bits per heavy atom. The second-order valence-electron chi connectivity index (χ2n) is 6.38. The Labute approximate surface area is 174 Å². The predicted octanol–water partition coefficient (Wildman–Crippen LogP) is 4.78. The largest absolute Gasteiger partial charge is 0.383 e. The van der Waals surface area contributed by atoms with Crippen molar-refractivity contribution < 1.29 is 4.74 Å². The van der Waals surface area contributed by atoms with Crippen LogP contribution in [0, 0.1) is 18.3 Å². The topological polar surface area (TPSA) is 63.7 Å². The summed E-state index contributed by atoms with van der Waals surface area (Å²) in [6.07, 6.45) is 0.648. The summed E-state index contributed by atoms with van der Waals surface area (Å²) in [6.45, 7) is 3.19. The van der Waals surface area contributed by atoms with E-state index in [-0.39, 0.29) is 5.25 Å². The van der Waals surface area contributed by atoms with Crippen LogP contribution in [0.1, 0.15) is 11.1 Å². The van der Waals surface area contributed by atoms with Gasteiger partial charge in [0.25, 0.3) is 0 Å². The molecule has 5 nitrogen and oxygen atoms in total. The number of methoxy groups -OCH3 is 1. The zero-order valence-corrected chi connectivity index (χ0v) is 17.4. The highest BCUT2D eigenvalue weighted by Gasteiger charge is 2.19. The normalized spacial score (nSPS) is 11.9. The number of nitriles is 1. The van der Waals surface area contributed by atoms with Gasteiger partial charge in [0.2, 0.25) is 0 Å². The molecule has 1 heterocycles. The highest BCUT2D eigenvalue weighted by Crippen LogP contribution is 2.29. The van der Waals surface area contributed by atoms with Crippen molar-refractivity contribution in [2.75, 3.05) is 13.7 Å². The van der Waals surface area contributed by atoms with Crippen LogP contribution in [0.4, 0.5) is 0 Å². The molecule has 0 radical (unpaired) electrons. The van der Waals surface area contributed by atoms with Crippen LogP contribution < -0.4 is 0 Å². The van der Waals surface area contributed by atoms with Gasteiger partial charge in [-0.25, -0.2) is 0 Å². The molecule has 7 heteroatoms. The lowest BCUT2D eigenvalue weighted by molar-refractivity contribution is 0.185. The Balaban J connectivity index is 1.84. The molecule has 0 fully saturated rings. The lowest BCUT2D eigenvalue weighted by Gasteiger charge is -2.12. The van der Waals surface area contributed by atoms with Crippen molar-refractivity contribution in [1.29, 1.82) is 5.26 Å². The first-order chi connectivity index (χ1) is 13.6. The second kappa shape index (κ2) is 9.74. The Kier molecular flexibility index (Phi) is 7.10. The Morgan fingerprint density at radius 2 is 1.86 bits per heavy atom. The van der Waals surface area contributed by atoms with E-state index in [2.05, 4.69) is 47.5 Å². The van der Waals surface area contributed by atoms with Gasteiger partial charge in [0.05, 0.1) is 19.2 Å². The first-order valence-corrected chi connectivity index (χ1v) is 10.2. The van der Waals surface area contributed by atoms with Gasteiger partial charge in [-0.15, -0.1) is 10.2 Å². The van der Waals surface area contributed by atoms with Crippen molar-refractivity contribution >= 4 is 23.4 Å². The molecular formula is C21H21ClN4OS. The van der Waals surface area contributed by atoms with E-state index in [1.165, 1.54) is 17.3 Å². The number of ether oxygens (including phenoxy) is 1. The monoisotopic (exact) mass is 412 g/mol. The van der Waals surface area contributed by atoms with Gasteiger partial charge in [-0.3, -0.25) is 4.57 Å². The highest BCUT2D eigenvalue weighted by atomic mass is 35.5. The van der Waals surface area contributed by atoms with Crippen molar-refractivity contribution in [3.8, 4) is 17.5 Å². The van der Waals surface area contributed by atoms with Crippen LogP contribution in [0.2, 0.25) is 5.02 Å². The van der Waals surface area contributed by atoms with Gasteiger partial charge < -0.3 is 4.74 Å². The van der Waals surface area contributed by atoms with Gasteiger partial charge in [0, 0.05) is 17.7 Å². The van der Waals surface area contributed by atoms with Gasteiger partial charge in [-0.2, -0.15) is 5.26 Å². The van der Waals surface area contributed by atoms with Crippen LogP contribution in [0.25, 0.3) is 11.4 Å².